The molecule has 1 saturated heterocycles. The van der Waals surface area contributed by atoms with Crippen molar-refractivity contribution >= 4 is 29.1 Å². The maximum atomic E-state index is 12.5. The number of aliphatic hydroxyl groups is 1. The number of anilines is 2. The fourth-order valence-corrected chi connectivity index (χ4v) is 3.63. The number of ether oxygens (including phenoxy) is 1. The maximum absolute atomic E-state index is 12.5. The van der Waals surface area contributed by atoms with Crippen LogP contribution in [0, 0.1) is 5.92 Å². The number of fused-ring (bicyclic) bond motifs is 1. The van der Waals surface area contributed by atoms with Crippen LogP contribution in [0.15, 0.2) is 18.2 Å². The van der Waals surface area contributed by atoms with E-state index in [1.165, 1.54) is 0 Å². The zero-order valence-corrected chi connectivity index (χ0v) is 17.0. The third kappa shape index (κ3) is 5.13. The van der Waals surface area contributed by atoms with Crippen LogP contribution in [-0.2, 0) is 25.5 Å². The van der Waals surface area contributed by atoms with Crippen molar-refractivity contribution in [3.63, 3.8) is 0 Å². The fraction of sp³-hybridized carbons (Fsp3) is 0.571. The van der Waals surface area contributed by atoms with E-state index in [0.717, 1.165) is 24.1 Å². The summed E-state index contributed by atoms with van der Waals surface area (Å²) >= 11 is 0. The Hall–Kier alpha value is -2.45. The van der Waals surface area contributed by atoms with Crippen molar-refractivity contribution in [2.75, 3.05) is 36.5 Å². The van der Waals surface area contributed by atoms with E-state index >= 15 is 0 Å². The highest BCUT2D eigenvalue weighted by molar-refractivity contribution is 6.39. The lowest BCUT2D eigenvalue weighted by Gasteiger charge is -2.32. The Morgan fingerprint density at radius 1 is 1.21 bits per heavy atom. The number of hydrogen-bond donors (Lipinski definition) is 3. The van der Waals surface area contributed by atoms with Gasteiger partial charge in [0.25, 0.3) is 0 Å². The molecule has 0 aromatic heterocycles. The zero-order chi connectivity index (χ0) is 21.0. The number of benzene rings is 1. The summed E-state index contributed by atoms with van der Waals surface area (Å²) in [6.07, 6.45) is 2.60. The molecule has 0 saturated carbocycles. The lowest BCUT2D eigenvalue weighted by molar-refractivity contribution is -0.137. The van der Waals surface area contributed by atoms with E-state index in [1.807, 2.05) is 19.9 Å². The number of hydrogen-bond acceptors (Lipinski definition) is 5. The second-order valence-electron chi connectivity index (χ2n) is 8.07. The van der Waals surface area contributed by atoms with E-state index < -0.39 is 17.4 Å². The molecular formula is C21H29N3O5. The number of carbonyl (C=O) groups is 3. The highest BCUT2D eigenvalue weighted by Gasteiger charge is 2.31. The first-order valence-electron chi connectivity index (χ1n) is 10.1. The number of nitrogens with zero attached hydrogens (tertiary/aromatic N) is 1. The number of amides is 3. The van der Waals surface area contributed by atoms with E-state index in [0.29, 0.717) is 38.3 Å². The standard InChI is InChI=1S/C21H29N3O5/c1-14(2)20(27)24-9-3-4-15-5-6-16(12-17(15)24)23-19(26)18(25)22-13-21(28)7-10-29-11-8-21/h5-6,12,14,28H,3-4,7-11,13H2,1-2H3,(H,22,25)(H,23,26). The number of rotatable bonds is 4. The minimum absolute atomic E-state index is 0.00344. The summed E-state index contributed by atoms with van der Waals surface area (Å²) in [5.41, 5.74) is 1.24. The maximum Gasteiger partial charge on any atom is 0.313 e. The van der Waals surface area contributed by atoms with Crippen molar-refractivity contribution in [1.29, 1.82) is 0 Å². The monoisotopic (exact) mass is 403 g/mol. The predicted molar refractivity (Wildman–Crippen MR) is 109 cm³/mol. The van der Waals surface area contributed by atoms with Crippen LogP contribution in [0.3, 0.4) is 0 Å². The third-order valence-corrected chi connectivity index (χ3v) is 5.43. The first-order chi connectivity index (χ1) is 13.8. The summed E-state index contributed by atoms with van der Waals surface area (Å²) in [5, 5.41) is 15.5. The van der Waals surface area contributed by atoms with E-state index in [-0.39, 0.29) is 18.4 Å². The Morgan fingerprint density at radius 3 is 2.62 bits per heavy atom. The average Bonchev–Trinajstić information content (AvgIpc) is 2.71. The minimum atomic E-state index is -1.04. The molecule has 0 aliphatic carbocycles. The Labute approximate surface area is 170 Å². The van der Waals surface area contributed by atoms with Crippen LogP contribution in [0.4, 0.5) is 11.4 Å². The van der Waals surface area contributed by atoms with Gasteiger partial charge in [0.2, 0.25) is 5.91 Å². The topological polar surface area (TPSA) is 108 Å². The van der Waals surface area contributed by atoms with Gasteiger partial charge in [-0.3, -0.25) is 14.4 Å². The molecule has 0 unspecified atom stereocenters. The van der Waals surface area contributed by atoms with Crippen LogP contribution < -0.4 is 15.5 Å². The summed E-state index contributed by atoms with van der Waals surface area (Å²) in [6, 6.07) is 5.36. The Bertz CT molecular complexity index is 787. The first kappa shape index (κ1) is 21.3. The van der Waals surface area contributed by atoms with Gasteiger partial charge in [-0.05, 0) is 30.5 Å². The van der Waals surface area contributed by atoms with Gasteiger partial charge in [0.15, 0.2) is 0 Å². The molecular weight excluding hydrogens is 374 g/mol. The summed E-state index contributed by atoms with van der Waals surface area (Å²) in [6.45, 7) is 5.23. The molecule has 0 radical (unpaired) electrons. The molecule has 0 bridgehead atoms. The van der Waals surface area contributed by atoms with Gasteiger partial charge in [-0.1, -0.05) is 19.9 Å². The molecule has 8 nitrogen and oxygen atoms in total. The molecule has 29 heavy (non-hydrogen) atoms. The van der Waals surface area contributed by atoms with E-state index in [2.05, 4.69) is 10.6 Å². The first-order valence-corrected chi connectivity index (χ1v) is 10.1. The lowest BCUT2D eigenvalue weighted by atomic mass is 9.94. The Morgan fingerprint density at radius 2 is 1.93 bits per heavy atom. The van der Waals surface area contributed by atoms with Crippen molar-refractivity contribution in [1.82, 2.24) is 5.32 Å². The van der Waals surface area contributed by atoms with Gasteiger partial charge >= 0.3 is 11.8 Å². The predicted octanol–water partition coefficient (Wildman–Crippen LogP) is 1.22. The molecule has 0 atom stereocenters. The van der Waals surface area contributed by atoms with E-state index in [9.17, 15) is 19.5 Å². The third-order valence-electron chi connectivity index (χ3n) is 5.43. The van der Waals surface area contributed by atoms with E-state index in [4.69, 9.17) is 4.74 Å². The molecule has 0 spiro atoms. The van der Waals surface area contributed by atoms with E-state index in [1.54, 1.807) is 17.0 Å². The quantitative estimate of drug-likeness (QED) is 0.655. The molecule has 2 aliphatic rings. The van der Waals surface area contributed by atoms with Crippen molar-refractivity contribution in [3.8, 4) is 0 Å². The second-order valence-corrected chi connectivity index (χ2v) is 8.07. The van der Waals surface area contributed by atoms with Gasteiger partial charge < -0.3 is 25.4 Å². The molecule has 158 valence electrons. The molecule has 2 aliphatic heterocycles. The molecule has 3 N–H and O–H groups in total. The van der Waals surface area contributed by atoms with Crippen LogP contribution in [0.25, 0.3) is 0 Å². The molecule has 3 amide bonds. The van der Waals surface area contributed by atoms with Gasteiger partial charge in [0, 0.05) is 56.4 Å². The summed E-state index contributed by atoms with van der Waals surface area (Å²) in [5.74, 6) is -1.70. The average molecular weight is 403 g/mol. The van der Waals surface area contributed by atoms with Gasteiger partial charge in [-0.15, -0.1) is 0 Å². The number of aryl methyl sites for hydroxylation is 1. The second kappa shape index (κ2) is 8.92. The number of carbonyl (C=O) groups excluding carboxylic acids is 3. The molecule has 1 aromatic rings. The van der Waals surface area contributed by atoms with Gasteiger partial charge in [-0.25, -0.2) is 0 Å². The Balaban J connectivity index is 1.64. The minimum Gasteiger partial charge on any atom is -0.388 e. The van der Waals surface area contributed by atoms with Crippen molar-refractivity contribution in [2.45, 2.75) is 45.1 Å². The van der Waals surface area contributed by atoms with Crippen LogP contribution >= 0.6 is 0 Å². The van der Waals surface area contributed by atoms with Gasteiger partial charge in [0.1, 0.15) is 0 Å². The van der Waals surface area contributed by atoms with Crippen LogP contribution in [0.2, 0.25) is 0 Å². The van der Waals surface area contributed by atoms with Crippen LogP contribution in [0.1, 0.15) is 38.7 Å². The molecule has 3 rings (SSSR count). The van der Waals surface area contributed by atoms with Gasteiger partial charge in [0.05, 0.1) is 5.60 Å². The van der Waals surface area contributed by atoms with Gasteiger partial charge in [-0.2, -0.15) is 0 Å². The van der Waals surface area contributed by atoms with Crippen LogP contribution in [0.5, 0.6) is 0 Å². The molecule has 8 heteroatoms. The van der Waals surface area contributed by atoms with Crippen molar-refractivity contribution in [3.05, 3.63) is 23.8 Å². The molecule has 1 aromatic carbocycles. The molecule has 1 fully saturated rings. The summed E-state index contributed by atoms with van der Waals surface area (Å²) in [4.78, 5) is 38.7. The normalized spacial score (nSPS) is 18.1. The lowest BCUT2D eigenvalue weighted by Crippen LogP contribution is -2.48. The van der Waals surface area contributed by atoms with Crippen LogP contribution in [-0.4, -0.2) is 54.7 Å². The highest BCUT2D eigenvalue weighted by Crippen LogP contribution is 2.31. The molecule has 2 heterocycles. The highest BCUT2D eigenvalue weighted by atomic mass is 16.5. The largest absolute Gasteiger partial charge is 0.388 e. The number of nitrogens with one attached hydrogen (secondary N) is 2. The van der Waals surface area contributed by atoms with Crippen molar-refractivity contribution in [2.24, 2.45) is 5.92 Å². The summed E-state index contributed by atoms with van der Waals surface area (Å²) in [7, 11) is 0. The van der Waals surface area contributed by atoms with Crippen molar-refractivity contribution < 1.29 is 24.2 Å². The fourth-order valence-electron chi connectivity index (χ4n) is 3.63. The smallest absolute Gasteiger partial charge is 0.313 e. The zero-order valence-electron chi connectivity index (χ0n) is 17.0. The SMILES string of the molecule is CC(C)C(=O)N1CCCc2ccc(NC(=O)C(=O)NCC3(O)CCOCC3)cc21. The Kier molecular flexibility index (Phi) is 6.54. The summed E-state index contributed by atoms with van der Waals surface area (Å²) < 4.78 is 5.20.